The van der Waals surface area contributed by atoms with Crippen LogP contribution in [0.15, 0.2) is 48.5 Å². The summed E-state index contributed by atoms with van der Waals surface area (Å²) in [6, 6.07) is 16.0. The van der Waals surface area contributed by atoms with Crippen molar-refractivity contribution < 1.29 is 5.21 Å². The van der Waals surface area contributed by atoms with E-state index < -0.39 is 0 Å². The highest BCUT2D eigenvalue weighted by molar-refractivity contribution is 5.75. The number of para-hydroxylation sites is 2. The molecule has 2 aromatic rings. The molecule has 0 atom stereocenters. The molecular weight excluding hydrogens is 210 g/mol. The molecule has 0 aliphatic carbocycles. The maximum atomic E-state index is 10.3. The molecule has 0 radical (unpaired) electrons. The molecule has 0 aromatic heterocycles. The molecule has 86 valence electrons. The molecule has 0 bridgehead atoms. The van der Waals surface area contributed by atoms with Gasteiger partial charge in [0.25, 0.3) is 0 Å². The van der Waals surface area contributed by atoms with Gasteiger partial charge in [-0.15, -0.1) is 0 Å². The smallest absolute Gasteiger partial charge is 0.0734 e. The van der Waals surface area contributed by atoms with E-state index in [-0.39, 0.29) is 5.41 Å². The lowest BCUT2D eigenvalue weighted by molar-refractivity contribution is 0.293. The average Bonchev–Trinajstić information content (AvgIpc) is 2.37. The molecule has 2 heteroatoms. The Balaban J connectivity index is 2.34. The third-order valence-electron chi connectivity index (χ3n) is 3.61. The monoisotopic (exact) mass is 225 g/mol. The quantitative estimate of drug-likeness (QED) is 0.736. The van der Waals surface area contributed by atoms with Gasteiger partial charge in [-0.1, -0.05) is 50.2 Å². The zero-order valence-corrected chi connectivity index (χ0v) is 10.0. The van der Waals surface area contributed by atoms with Gasteiger partial charge in [-0.3, -0.25) is 5.21 Å². The van der Waals surface area contributed by atoms with Crippen molar-refractivity contribution in [3.8, 4) is 0 Å². The number of rotatable bonds is 0. The number of hydrogen-bond acceptors (Lipinski definition) is 2. The van der Waals surface area contributed by atoms with Crippen molar-refractivity contribution >= 4 is 11.4 Å². The van der Waals surface area contributed by atoms with Crippen LogP contribution in [0.5, 0.6) is 0 Å². The topological polar surface area (TPSA) is 23.5 Å². The van der Waals surface area contributed by atoms with E-state index in [1.807, 2.05) is 36.4 Å². The molecule has 17 heavy (non-hydrogen) atoms. The van der Waals surface area contributed by atoms with Gasteiger partial charge in [-0.25, -0.2) is 5.06 Å². The largest absolute Gasteiger partial charge is 0.283 e. The summed E-state index contributed by atoms with van der Waals surface area (Å²) in [6.45, 7) is 4.38. The Labute approximate surface area is 101 Å². The minimum Gasteiger partial charge on any atom is -0.283 e. The normalized spacial score (nSPS) is 16.3. The van der Waals surface area contributed by atoms with Crippen LogP contribution in [0.2, 0.25) is 0 Å². The molecule has 1 aliphatic rings. The van der Waals surface area contributed by atoms with E-state index in [0.29, 0.717) is 0 Å². The second kappa shape index (κ2) is 3.34. The molecule has 2 nitrogen and oxygen atoms in total. The second-order valence-corrected chi connectivity index (χ2v) is 4.97. The lowest BCUT2D eigenvalue weighted by Gasteiger charge is -2.38. The van der Waals surface area contributed by atoms with E-state index in [0.717, 1.165) is 22.5 Å². The van der Waals surface area contributed by atoms with E-state index in [9.17, 15) is 5.21 Å². The summed E-state index contributed by atoms with van der Waals surface area (Å²) in [6.07, 6.45) is 0. The maximum absolute atomic E-state index is 10.3. The number of hydrogen-bond donors (Lipinski definition) is 1. The van der Waals surface area contributed by atoms with Gasteiger partial charge in [0, 0.05) is 5.41 Å². The van der Waals surface area contributed by atoms with Crippen LogP contribution >= 0.6 is 0 Å². The van der Waals surface area contributed by atoms with E-state index in [1.54, 1.807) is 0 Å². The number of benzene rings is 2. The highest BCUT2D eigenvalue weighted by Gasteiger charge is 2.35. The summed E-state index contributed by atoms with van der Waals surface area (Å²) in [4.78, 5) is 0. The molecule has 2 aromatic carbocycles. The van der Waals surface area contributed by atoms with Gasteiger partial charge < -0.3 is 0 Å². The molecule has 1 heterocycles. The highest BCUT2D eigenvalue weighted by Crippen LogP contribution is 2.47. The number of anilines is 2. The standard InChI is InChI=1S/C15H15NO/c1-15(2)11-7-3-5-9-13(11)16(17)14-10-6-4-8-12(14)15/h3-10,17H,1-2H3. The van der Waals surface area contributed by atoms with Crippen molar-refractivity contribution in [1.29, 1.82) is 0 Å². The Hall–Kier alpha value is -1.80. The molecule has 3 rings (SSSR count). The van der Waals surface area contributed by atoms with Crippen LogP contribution in [0.4, 0.5) is 11.4 Å². The van der Waals surface area contributed by atoms with Gasteiger partial charge in [-0.05, 0) is 23.3 Å². The first-order valence-corrected chi connectivity index (χ1v) is 5.80. The molecular formula is C15H15NO. The van der Waals surface area contributed by atoms with Crippen LogP contribution in [0.25, 0.3) is 0 Å². The molecule has 0 unspecified atom stereocenters. The van der Waals surface area contributed by atoms with Crippen LogP contribution in [0.1, 0.15) is 25.0 Å². The van der Waals surface area contributed by atoms with Crippen LogP contribution in [-0.2, 0) is 5.41 Å². The fourth-order valence-corrected chi connectivity index (χ4v) is 2.65. The fourth-order valence-electron chi connectivity index (χ4n) is 2.65. The SMILES string of the molecule is CC1(C)c2ccccc2N(O)c2ccccc21. The Kier molecular flexibility index (Phi) is 2.04. The summed E-state index contributed by atoms with van der Waals surface area (Å²) in [5.41, 5.74) is 3.97. The third-order valence-corrected chi connectivity index (χ3v) is 3.61. The van der Waals surface area contributed by atoms with Gasteiger partial charge >= 0.3 is 0 Å². The lowest BCUT2D eigenvalue weighted by Crippen LogP contribution is -2.30. The first-order valence-electron chi connectivity index (χ1n) is 5.80. The molecule has 0 saturated carbocycles. The van der Waals surface area contributed by atoms with E-state index in [4.69, 9.17) is 0 Å². The van der Waals surface area contributed by atoms with Crippen LogP contribution in [0, 0.1) is 0 Å². The van der Waals surface area contributed by atoms with E-state index in [2.05, 4.69) is 26.0 Å². The molecule has 1 aliphatic heterocycles. The van der Waals surface area contributed by atoms with Crippen molar-refractivity contribution in [3.05, 3.63) is 59.7 Å². The highest BCUT2D eigenvalue weighted by atomic mass is 16.5. The van der Waals surface area contributed by atoms with Gasteiger partial charge in [0.15, 0.2) is 0 Å². The van der Waals surface area contributed by atoms with Gasteiger partial charge in [0.1, 0.15) is 0 Å². The lowest BCUT2D eigenvalue weighted by atomic mass is 9.74. The van der Waals surface area contributed by atoms with E-state index >= 15 is 0 Å². The van der Waals surface area contributed by atoms with Crippen molar-refractivity contribution in [2.75, 3.05) is 5.06 Å². The summed E-state index contributed by atoms with van der Waals surface area (Å²) in [7, 11) is 0. The maximum Gasteiger partial charge on any atom is 0.0734 e. The Morgan fingerprint density at radius 1 is 0.824 bits per heavy atom. The van der Waals surface area contributed by atoms with Crippen molar-refractivity contribution in [2.45, 2.75) is 19.3 Å². The minimum absolute atomic E-state index is 0.0770. The Morgan fingerprint density at radius 3 is 1.71 bits per heavy atom. The Bertz CT molecular complexity index is 525. The number of nitrogens with zero attached hydrogens (tertiary/aromatic N) is 1. The van der Waals surface area contributed by atoms with Gasteiger partial charge in [0.2, 0.25) is 0 Å². The first-order chi connectivity index (χ1) is 8.12. The second-order valence-electron chi connectivity index (χ2n) is 4.97. The zero-order chi connectivity index (χ0) is 12.0. The van der Waals surface area contributed by atoms with Crippen LogP contribution < -0.4 is 5.06 Å². The average molecular weight is 225 g/mol. The van der Waals surface area contributed by atoms with Crippen molar-refractivity contribution in [3.63, 3.8) is 0 Å². The predicted octanol–water partition coefficient (Wildman–Crippen LogP) is 3.85. The minimum atomic E-state index is -0.0770. The molecule has 1 N–H and O–H groups in total. The van der Waals surface area contributed by atoms with Gasteiger partial charge in [-0.2, -0.15) is 0 Å². The Morgan fingerprint density at radius 2 is 1.24 bits per heavy atom. The summed E-state index contributed by atoms with van der Waals surface area (Å²) >= 11 is 0. The summed E-state index contributed by atoms with van der Waals surface area (Å²) < 4.78 is 0. The summed E-state index contributed by atoms with van der Waals surface area (Å²) in [5.74, 6) is 0. The third kappa shape index (κ3) is 1.31. The van der Waals surface area contributed by atoms with Crippen molar-refractivity contribution in [1.82, 2.24) is 0 Å². The predicted molar refractivity (Wildman–Crippen MR) is 68.9 cm³/mol. The molecule has 0 spiro atoms. The van der Waals surface area contributed by atoms with Crippen LogP contribution in [0.3, 0.4) is 0 Å². The zero-order valence-electron chi connectivity index (χ0n) is 10.0. The number of fused-ring (bicyclic) bond motifs is 2. The fraction of sp³-hybridized carbons (Fsp3) is 0.200. The first kappa shape index (κ1) is 10.4. The van der Waals surface area contributed by atoms with Crippen molar-refractivity contribution in [2.24, 2.45) is 0 Å². The molecule has 0 saturated heterocycles. The van der Waals surface area contributed by atoms with Crippen LogP contribution in [-0.4, -0.2) is 5.21 Å². The molecule has 0 fully saturated rings. The summed E-state index contributed by atoms with van der Waals surface area (Å²) in [5, 5.41) is 11.6. The molecule has 0 amide bonds. The van der Waals surface area contributed by atoms with Gasteiger partial charge in [0.05, 0.1) is 11.4 Å². The van der Waals surface area contributed by atoms with E-state index in [1.165, 1.54) is 5.06 Å².